The summed E-state index contributed by atoms with van der Waals surface area (Å²) in [5.74, 6) is 0. The maximum absolute atomic E-state index is 6.98. The average molecular weight is 638 g/mol. The molecule has 0 bridgehead atoms. The molecule has 0 aromatic heterocycles. The lowest BCUT2D eigenvalue weighted by molar-refractivity contribution is 0.00688. The van der Waals surface area contributed by atoms with Gasteiger partial charge in [0, 0.05) is 39.0 Å². The molecule has 1 heterocycles. The third kappa shape index (κ3) is 7.93. The molecule has 4 rings (SSSR count). The van der Waals surface area contributed by atoms with Gasteiger partial charge in [0.25, 0.3) is 0 Å². The maximum atomic E-state index is 6.98. The molecule has 0 spiro atoms. The number of hydrogen-bond donors (Lipinski definition) is 0. The number of alkyl halides is 1. The minimum atomic E-state index is -0.441. The van der Waals surface area contributed by atoms with E-state index >= 15 is 0 Å². The molecule has 2 atom stereocenters. The third-order valence-electron chi connectivity index (χ3n) is 5.61. The van der Waals surface area contributed by atoms with Crippen molar-refractivity contribution in [3.05, 3.63) is 116 Å². The predicted octanol–water partition coefficient (Wildman–Crippen LogP) is 8.99. The van der Waals surface area contributed by atoms with Crippen molar-refractivity contribution in [3.8, 4) is 0 Å². The maximum Gasteiger partial charge on any atom is 0.135 e. The number of halogens is 6. The van der Waals surface area contributed by atoms with Crippen molar-refractivity contribution in [3.63, 3.8) is 0 Å². The second kappa shape index (κ2) is 13.4. The lowest BCUT2D eigenvalue weighted by Crippen LogP contribution is -2.36. The molecule has 186 valence electrons. The van der Waals surface area contributed by atoms with Crippen molar-refractivity contribution in [2.75, 3.05) is 13.2 Å². The van der Waals surface area contributed by atoms with Gasteiger partial charge in [-0.15, -0.1) is 17.0 Å². The molecule has 0 fully saturated rings. The van der Waals surface area contributed by atoms with Crippen LogP contribution < -0.4 is 0 Å². The summed E-state index contributed by atoms with van der Waals surface area (Å²) >= 11 is 31.4. The fourth-order valence-electron chi connectivity index (χ4n) is 3.69. The molecule has 9 heteroatoms. The van der Waals surface area contributed by atoms with Crippen LogP contribution in [0.4, 0.5) is 0 Å². The quantitative estimate of drug-likeness (QED) is 0.172. The van der Waals surface area contributed by atoms with Crippen molar-refractivity contribution in [2.45, 2.75) is 24.6 Å². The van der Waals surface area contributed by atoms with Crippen LogP contribution in [0.1, 0.15) is 22.8 Å². The first-order valence-electron chi connectivity index (χ1n) is 10.8. The zero-order chi connectivity index (χ0) is 24.1. The molecule has 35 heavy (non-hydrogen) atoms. The monoisotopic (exact) mass is 634 g/mol. The van der Waals surface area contributed by atoms with Crippen molar-refractivity contribution in [1.29, 1.82) is 0 Å². The van der Waals surface area contributed by atoms with Crippen LogP contribution in [0.15, 0.2) is 79.1 Å². The van der Waals surface area contributed by atoms with Gasteiger partial charge in [0.2, 0.25) is 0 Å². The summed E-state index contributed by atoms with van der Waals surface area (Å²) in [5, 5.41) is 2.54. The molecule has 0 saturated carbocycles. The van der Waals surface area contributed by atoms with E-state index in [9.17, 15) is 0 Å². The first-order valence-corrected chi connectivity index (χ1v) is 12.7. The molecule has 0 aliphatic carbocycles. The van der Waals surface area contributed by atoms with Gasteiger partial charge in [-0.25, -0.2) is 0 Å². The largest absolute Gasteiger partial charge is 0.365 e. The summed E-state index contributed by atoms with van der Waals surface area (Å²) in [7, 11) is 0. The third-order valence-corrected chi connectivity index (χ3v) is 7.18. The molecule has 0 N–H and O–H groups in total. The molecular weight excluding hydrogens is 613 g/mol. The van der Waals surface area contributed by atoms with Crippen LogP contribution in [0.5, 0.6) is 0 Å². The lowest BCUT2D eigenvalue weighted by atomic mass is 10.1. The van der Waals surface area contributed by atoms with Gasteiger partial charge >= 0.3 is 0 Å². The number of hydrogen-bond acceptors (Lipinski definition) is 3. The lowest BCUT2D eigenvalue weighted by Gasteiger charge is -2.31. The van der Waals surface area contributed by atoms with E-state index in [1.807, 2.05) is 48.7 Å². The van der Waals surface area contributed by atoms with E-state index in [1.165, 1.54) is 5.56 Å². The van der Waals surface area contributed by atoms with Crippen molar-refractivity contribution in [1.82, 2.24) is 9.80 Å². The van der Waals surface area contributed by atoms with E-state index in [1.54, 1.807) is 12.1 Å². The molecule has 3 nitrogen and oxygen atoms in total. The summed E-state index contributed by atoms with van der Waals surface area (Å²) in [5.41, 5.74) is 2.57. The Balaban J connectivity index is 0.00000342. The topological polar surface area (TPSA) is 15.7 Å². The molecular formula is C26H24BrCl5N2O. The van der Waals surface area contributed by atoms with E-state index in [0.29, 0.717) is 28.3 Å². The van der Waals surface area contributed by atoms with E-state index in [4.69, 9.17) is 62.7 Å². The number of ether oxygens (including phenoxy) is 1. The highest BCUT2D eigenvalue weighted by Gasteiger charge is 2.29. The van der Waals surface area contributed by atoms with Crippen LogP contribution in [0, 0.1) is 0 Å². The minimum Gasteiger partial charge on any atom is -0.365 e. The standard InChI is InChI=1S/C26H23Cl5N2O.BrH/c27-21-6-1-18(2-7-21)11-12-32-13-14-33(17-32)26(31)25(19-3-8-22(28)9-4-19)34-16-20-5-10-23(29)15-24(20)30;/h1-10,13-15,25-26H,11-12,16-17H2;1H. The average Bonchev–Trinajstić information content (AvgIpc) is 3.30. The Morgan fingerprint density at radius 1 is 0.800 bits per heavy atom. The van der Waals surface area contributed by atoms with Gasteiger partial charge in [0.05, 0.1) is 13.3 Å². The van der Waals surface area contributed by atoms with Crippen molar-refractivity contribution >= 4 is 75.0 Å². The second-order valence-electron chi connectivity index (χ2n) is 8.03. The fourth-order valence-corrected chi connectivity index (χ4v) is 4.75. The van der Waals surface area contributed by atoms with Gasteiger partial charge in [0.1, 0.15) is 11.6 Å². The highest BCUT2D eigenvalue weighted by atomic mass is 79.9. The normalized spacial score (nSPS) is 14.7. The minimum absolute atomic E-state index is 0. The Labute approximate surface area is 241 Å². The Bertz CT molecular complexity index is 1130. The van der Waals surface area contributed by atoms with Gasteiger partial charge in [-0.3, -0.25) is 0 Å². The summed E-state index contributed by atoms with van der Waals surface area (Å²) in [6, 6.07) is 20.8. The molecule has 0 amide bonds. The van der Waals surface area contributed by atoms with Crippen molar-refractivity contribution < 1.29 is 4.74 Å². The summed E-state index contributed by atoms with van der Waals surface area (Å²) in [6.07, 6.45) is 4.56. The zero-order valence-electron chi connectivity index (χ0n) is 18.6. The van der Waals surface area contributed by atoms with Crippen LogP contribution in [-0.4, -0.2) is 28.5 Å². The van der Waals surface area contributed by atoms with E-state index in [-0.39, 0.29) is 17.0 Å². The Hall–Kier alpha value is -1.11. The van der Waals surface area contributed by atoms with E-state index in [2.05, 4.69) is 28.1 Å². The van der Waals surface area contributed by atoms with Gasteiger partial charge in [-0.1, -0.05) is 88.3 Å². The Morgan fingerprint density at radius 3 is 2.09 bits per heavy atom. The SMILES string of the molecule is Br.Clc1ccc(CCN2C=CN(C(Cl)C(OCc3ccc(Cl)cc3Cl)c3ccc(Cl)cc3)C2)cc1. The van der Waals surface area contributed by atoms with Gasteiger partial charge in [0.15, 0.2) is 0 Å². The van der Waals surface area contributed by atoms with Gasteiger partial charge in [-0.2, -0.15) is 0 Å². The van der Waals surface area contributed by atoms with Crippen LogP contribution >= 0.6 is 75.0 Å². The smallest absolute Gasteiger partial charge is 0.135 e. The van der Waals surface area contributed by atoms with E-state index < -0.39 is 11.6 Å². The van der Waals surface area contributed by atoms with Gasteiger partial charge in [-0.05, 0) is 59.5 Å². The highest BCUT2D eigenvalue weighted by Crippen LogP contribution is 2.33. The molecule has 1 aliphatic heterocycles. The first kappa shape index (κ1) is 28.5. The van der Waals surface area contributed by atoms with Crippen LogP contribution in [0.3, 0.4) is 0 Å². The summed E-state index contributed by atoms with van der Waals surface area (Å²) in [4.78, 5) is 4.28. The molecule has 3 aromatic carbocycles. The molecule has 1 aliphatic rings. The fraction of sp³-hybridized carbons (Fsp3) is 0.231. The van der Waals surface area contributed by atoms with Crippen LogP contribution in [0.2, 0.25) is 20.1 Å². The molecule has 3 aromatic rings. The van der Waals surface area contributed by atoms with E-state index in [0.717, 1.165) is 29.1 Å². The van der Waals surface area contributed by atoms with Gasteiger partial charge < -0.3 is 14.5 Å². The second-order valence-corrected chi connectivity index (χ2v) is 10.2. The summed E-state index contributed by atoms with van der Waals surface area (Å²) < 4.78 is 6.32. The Kier molecular flexibility index (Phi) is 10.9. The van der Waals surface area contributed by atoms with Crippen LogP contribution in [-0.2, 0) is 17.8 Å². The molecule has 2 unspecified atom stereocenters. The number of benzene rings is 3. The molecule has 0 saturated heterocycles. The van der Waals surface area contributed by atoms with Crippen molar-refractivity contribution in [2.24, 2.45) is 0 Å². The molecule has 0 radical (unpaired) electrons. The summed E-state index contributed by atoms with van der Waals surface area (Å²) in [6.45, 7) is 1.83. The Morgan fingerprint density at radius 2 is 1.43 bits per heavy atom. The first-order chi connectivity index (χ1) is 16.4. The number of rotatable bonds is 9. The van der Waals surface area contributed by atoms with Crippen LogP contribution in [0.25, 0.3) is 0 Å². The predicted molar refractivity (Wildman–Crippen MR) is 153 cm³/mol. The number of nitrogens with zero attached hydrogens (tertiary/aromatic N) is 2. The highest BCUT2D eigenvalue weighted by molar-refractivity contribution is 8.93. The zero-order valence-corrected chi connectivity index (χ0v) is 24.1.